The number of benzene rings is 2. The number of phenols is 2. The van der Waals surface area contributed by atoms with Crippen LogP contribution in [-0.2, 0) is 4.74 Å². The van der Waals surface area contributed by atoms with Crippen molar-refractivity contribution in [2.24, 2.45) is 0 Å². The lowest BCUT2D eigenvalue weighted by Crippen LogP contribution is -2.37. The molecule has 0 radical (unpaired) electrons. The molecule has 2 aromatic carbocycles. The van der Waals surface area contributed by atoms with Crippen molar-refractivity contribution in [1.29, 1.82) is 0 Å². The molecule has 0 aliphatic carbocycles. The lowest BCUT2D eigenvalue weighted by molar-refractivity contribution is -0.00107. The molecular weight excluding hydrogens is 272 g/mol. The van der Waals surface area contributed by atoms with E-state index in [1.807, 2.05) is 30.3 Å². The van der Waals surface area contributed by atoms with Gasteiger partial charge in [-0.15, -0.1) is 0 Å². The van der Waals surface area contributed by atoms with E-state index in [0.717, 1.165) is 11.6 Å². The Labute approximate surface area is 121 Å². The Hall–Kier alpha value is -2.53. The average Bonchev–Trinajstić information content (AvgIpc) is 2.47. The summed E-state index contributed by atoms with van der Waals surface area (Å²) in [5, 5.41) is 19.4. The van der Waals surface area contributed by atoms with Crippen molar-refractivity contribution < 1.29 is 24.5 Å². The molecule has 0 saturated carbocycles. The molecule has 0 aromatic heterocycles. The monoisotopic (exact) mass is 286 g/mol. The molecule has 0 amide bonds. The topological polar surface area (TPSA) is 76.0 Å². The molecule has 21 heavy (non-hydrogen) atoms. The van der Waals surface area contributed by atoms with Crippen LogP contribution in [-0.4, -0.2) is 29.2 Å². The fourth-order valence-electron chi connectivity index (χ4n) is 2.52. The molecule has 1 heterocycles. The van der Waals surface area contributed by atoms with Gasteiger partial charge in [-0.1, -0.05) is 30.3 Å². The first kappa shape index (κ1) is 13.5. The Bertz CT molecular complexity index is 681. The van der Waals surface area contributed by atoms with Gasteiger partial charge in [-0.2, -0.15) is 0 Å². The molecule has 2 atom stereocenters. The summed E-state index contributed by atoms with van der Waals surface area (Å²) in [6.07, 6.45) is -1.48. The number of ketones is 1. The Kier molecular flexibility index (Phi) is 3.27. The van der Waals surface area contributed by atoms with Crippen molar-refractivity contribution in [2.45, 2.75) is 12.2 Å². The Morgan fingerprint density at radius 3 is 2.52 bits per heavy atom. The first-order chi connectivity index (χ1) is 10.1. The van der Waals surface area contributed by atoms with Crippen molar-refractivity contribution in [3.05, 3.63) is 53.6 Å². The van der Waals surface area contributed by atoms with Gasteiger partial charge in [0.2, 0.25) is 5.78 Å². The van der Waals surface area contributed by atoms with Crippen molar-refractivity contribution in [1.82, 2.24) is 0 Å². The highest BCUT2D eigenvalue weighted by Crippen LogP contribution is 2.42. The van der Waals surface area contributed by atoms with Crippen LogP contribution in [0.25, 0.3) is 0 Å². The third-order valence-electron chi connectivity index (χ3n) is 3.48. The van der Waals surface area contributed by atoms with E-state index in [1.165, 1.54) is 13.2 Å². The zero-order chi connectivity index (χ0) is 15.0. The average molecular weight is 286 g/mol. The molecule has 108 valence electrons. The van der Waals surface area contributed by atoms with Crippen molar-refractivity contribution >= 4 is 5.78 Å². The SMILES string of the molecule is CO[C@H]1C(=O)c2c(O)cc(O)cc2O[C@@H]1c1ccccc1. The molecule has 2 N–H and O–H groups in total. The molecule has 5 nitrogen and oxygen atoms in total. The number of ether oxygens (including phenoxy) is 2. The van der Waals surface area contributed by atoms with E-state index in [4.69, 9.17) is 9.47 Å². The third kappa shape index (κ3) is 2.21. The van der Waals surface area contributed by atoms with Gasteiger partial charge in [-0.25, -0.2) is 0 Å². The zero-order valence-corrected chi connectivity index (χ0v) is 11.3. The van der Waals surface area contributed by atoms with Gasteiger partial charge in [0, 0.05) is 19.2 Å². The number of fused-ring (bicyclic) bond motifs is 1. The van der Waals surface area contributed by atoms with Crippen LogP contribution in [0, 0.1) is 0 Å². The van der Waals surface area contributed by atoms with E-state index < -0.39 is 12.2 Å². The molecule has 5 heteroatoms. The molecule has 2 aromatic rings. The lowest BCUT2D eigenvalue weighted by Gasteiger charge is -2.32. The first-order valence-corrected chi connectivity index (χ1v) is 6.46. The Morgan fingerprint density at radius 1 is 1.14 bits per heavy atom. The van der Waals surface area contributed by atoms with Crippen LogP contribution in [0.2, 0.25) is 0 Å². The second-order valence-corrected chi connectivity index (χ2v) is 4.81. The zero-order valence-electron chi connectivity index (χ0n) is 11.3. The molecule has 0 unspecified atom stereocenters. The maximum Gasteiger partial charge on any atom is 0.203 e. The maximum atomic E-state index is 12.5. The normalized spacial score (nSPS) is 20.7. The predicted molar refractivity (Wildman–Crippen MR) is 74.7 cm³/mol. The minimum Gasteiger partial charge on any atom is -0.508 e. The van der Waals surface area contributed by atoms with Crippen LogP contribution in [0.5, 0.6) is 17.2 Å². The van der Waals surface area contributed by atoms with E-state index in [0.29, 0.717) is 0 Å². The summed E-state index contributed by atoms with van der Waals surface area (Å²) in [5.74, 6) is -0.699. The van der Waals surface area contributed by atoms with E-state index in [9.17, 15) is 15.0 Å². The highest BCUT2D eigenvalue weighted by molar-refractivity contribution is 6.05. The highest BCUT2D eigenvalue weighted by Gasteiger charge is 2.40. The number of phenolic OH excluding ortho intramolecular Hbond substituents is 2. The first-order valence-electron chi connectivity index (χ1n) is 6.46. The van der Waals surface area contributed by atoms with Gasteiger partial charge < -0.3 is 19.7 Å². The number of rotatable bonds is 2. The molecule has 3 rings (SSSR count). The minimum atomic E-state index is -0.852. The molecule has 0 saturated heterocycles. The summed E-state index contributed by atoms with van der Waals surface area (Å²) in [6, 6.07) is 11.6. The third-order valence-corrected chi connectivity index (χ3v) is 3.48. The smallest absolute Gasteiger partial charge is 0.203 e. The number of carbonyl (C=O) groups is 1. The van der Waals surface area contributed by atoms with Gasteiger partial charge in [0.25, 0.3) is 0 Å². The standard InChI is InChI=1S/C16H14O5/c1-20-16-14(19)13-11(18)7-10(17)8-12(13)21-15(16)9-5-3-2-4-6-9/h2-8,15-18H,1H3/t15-,16+/m1/s1. The van der Waals surface area contributed by atoms with E-state index >= 15 is 0 Å². The van der Waals surface area contributed by atoms with Crippen LogP contribution in [0.1, 0.15) is 22.0 Å². The Morgan fingerprint density at radius 2 is 1.86 bits per heavy atom. The van der Waals surface area contributed by atoms with Gasteiger partial charge in [0.15, 0.2) is 12.2 Å². The number of carbonyl (C=O) groups excluding carboxylic acids is 1. The second-order valence-electron chi connectivity index (χ2n) is 4.81. The van der Waals surface area contributed by atoms with E-state index in [-0.39, 0.29) is 28.6 Å². The van der Waals surface area contributed by atoms with E-state index in [1.54, 1.807) is 0 Å². The lowest BCUT2D eigenvalue weighted by atomic mass is 9.92. The number of Topliss-reactive ketones (excluding diaryl/α,β-unsaturated/α-hetero) is 1. The minimum absolute atomic E-state index is 0.0341. The highest BCUT2D eigenvalue weighted by atomic mass is 16.5. The fourth-order valence-corrected chi connectivity index (χ4v) is 2.52. The van der Waals surface area contributed by atoms with Gasteiger partial charge >= 0.3 is 0 Å². The summed E-state index contributed by atoms with van der Waals surface area (Å²) in [5.41, 5.74) is 0.818. The van der Waals surface area contributed by atoms with Crippen LogP contribution < -0.4 is 4.74 Å². The molecular formula is C16H14O5. The largest absolute Gasteiger partial charge is 0.508 e. The fraction of sp³-hybridized carbons (Fsp3) is 0.188. The summed E-state index contributed by atoms with van der Waals surface area (Å²) in [4.78, 5) is 12.5. The van der Waals surface area contributed by atoms with Crippen molar-refractivity contribution in [3.63, 3.8) is 0 Å². The maximum absolute atomic E-state index is 12.5. The summed E-state index contributed by atoms with van der Waals surface area (Å²) < 4.78 is 11.1. The van der Waals surface area contributed by atoms with Gasteiger partial charge in [0.1, 0.15) is 22.8 Å². The Balaban J connectivity index is 2.11. The van der Waals surface area contributed by atoms with Crippen LogP contribution in [0.4, 0.5) is 0 Å². The number of hydrogen-bond donors (Lipinski definition) is 2. The second kappa shape index (κ2) is 5.10. The quantitative estimate of drug-likeness (QED) is 0.886. The van der Waals surface area contributed by atoms with Gasteiger partial charge in [-0.05, 0) is 5.56 Å². The number of aromatic hydroxyl groups is 2. The predicted octanol–water partition coefficient (Wildman–Crippen LogP) is 2.43. The molecule has 0 bridgehead atoms. The molecule has 0 spiro atoms. The number of methoxy groups -OCH3 is 1. The van der Waals surface area contributed by atoms with E-state index in [2.05, 4.69) is 0 Å². The van der Waals surface area contributed by atoms with Crippen molar-refractivity contribution in [2.75, 3.05) is 7.11 Å². The summed E-state index contributed by atoms with van der Waals surface area (Å²) in [7, 11) is 1.42. The summed E-state index contributed by atoms with van der Waals surface area (Å²) in [6.45, 7) is 0. The van der Waals surface area contributed by atoms with Gasteiger partial charge in [-0.3, -0.25) is 4.79 Å². The van der Waals surface area contributed by atoms with Crippen LogP contribution >= 0.6 is 0 Å². The molecule has 1 aliphatic rings. The van der Waals surface area contributed by atoms with Crippen LogP contribution in [0.3, 0.4) is 0 Å². The summed E-state index contributed by atoms with van der Waals surface area (Å²) >= 11 is 0. The van der Waals surface area contributed by atoms with Crippen molar-refractivity contribution in [3.8, 4) is 17.2 Å². The molecule has 0 fully saturated rings. The van der Waals surface area contributed by atoms with Crippen LogP contribution in [0.15, 0.2) is 42.5 Å². The molecule has 1 aliphatic heterocycles. The number of hydrogen-bond acceptors (Lipinski definition) is 5. The van der Waals surface area contributed by atoms with Gasteiger partial charge in [0.05, 0.1) is 0 Å².